The minimum atomic E-state index is -1.83. The number of benzene rings is 1. The van der Waals surface area contributed by atoms with E-state index in [9.17, 15) is 25.2 Å². The molecule has 0 radical (unpaired) electrons. The van der Waals surface area contributed by atoms with E-state index in [4.69, 9.17) is 37.9 Å². The lowest BCUT2D eigenvalue weighted by atomic mass is 9.77. The summed E-state index contributed by atoms with van der Waals surface area (Å²) < 4.78 is 65.3. The Labute approximate surface area is 363 Å². The van der Waals surface area contributed by atoms with E-state index in [2.05, 4.69) is 0 Å². The number of esters is 1. The molecule has 4 rings (SSSR count). The van der Waals surface area contributed by atoms with Crippen LogP contribution in [0.15, 0.2) is 18.2 Å². The minimum absolute atomic E-state index is 0.0611. The van der Waals surface area contributed by atoms with Crippen LogP contribution in [0.3, 0.4) is 0 Å². The maximum atomic E-state index is 15.0. The Morgan fingerprint density at radius 2 is 1.61 bits per heavy atom. The number of hydrogen-bond donors (Lipinski definition) is 4. The highest BCUT2D eigenvalue weighted by Crippen LogP contribution is 2.41. The van der Waals surface area contributed by atoms with Crippen molar-refractivity contribution < 1.29 is 67.5 Å². The summed E-state index contributed by atoms with van der Waals surface area (Å²) in [7, 11) is 8.55. The SMILES string of the molecule is CC[C@H]1OC(=O)[C@H](C)[C@@H](O[C@H]2C[C@@](C)(OC)[C@@H](O)[C@H](C)O2)[C@H](C)[C@@H](O[C@@H]2O[C@H](C)C[C@H](N(C)C)[C@H]2Oc2ccc(OC)c(F)c2)[C@](C)(O)C[C@@H](C)CN(C)[C@H](C)[C@@H](O)[C@]1(C)O. The number of aliphatic hydroxyl groups excluding tert-OH is 2. The van der Waals surface area contributed by atoms with Gasteiger partial charge in [0.15, 0.2) is 30.3 Å². The van der Waals surface area contributed by atoms with E-state index in [0.29, 0.717) is 13.0 Å². The molecule has 15 nitrogen and oxygen atoms in total. The summed E-state index contributed by atoms with van der Waals surface area (Å²) in [5.74, 6) is -3.09. The Morgan fingerprint density at radius 1 is 0.951 bits per heavy atom. The molecule has 61 heavy (non-hydrogen) atoms. The van der Waals surface area contributed by atoms with E-state index in [1.54, 1.807) is 47.6 Å². The van der Waals surface area contributed by atoms with Gasteiger partial charge in [-0.2, -0.15) is 0 Å². The van der Waals surface area contributed by atoms with Crippen molar-refractivity contribution in [3.8, 4) is 11.5 Å². The molecule has 1 aromatic carbocycles. The van der Waals surface area contributed by atoms with Crippen LogP contribution in [-0.4, -0.2) is 168 Å². The summed E-state index contributed by atoms with van der Waals surface area (Å²) in [5, 5.41) is 47.4. The molecular weight excluding hydrogens is 795 g/mol. The van der Waals surface area contributed by atoms with Gasteiger partial charge in [0, 0.05) is 38.1 Å². The normalized spacial score (nSPS) is 43.9. The van der Waals surface area contributed by atoms with Crippen molar-refractivity contribution in [3.63, 3.8) is 0 Å². The van der Waals surface area contributed by atoms with E-state index in [0.717, 1.165) is 0 Å². The van der Waals surface area contributed by atoms with E-state index in [1.807, 2.05) is 51.7 Å². The number of aliphatic hydroxyl groups is 4. The van der Waals surface area contributed by atoms with E-state index >= 15 is 4.39 Å². The van der Waals surface area contributed by atoms with Gasteiger partial charge >= 0.3 is 5.97 Å². The lowest BCUT2D eigenvalue weighted by Gasteiger charge is -2.49. The van der Waals surface area contributed by atoms with Crippen LogP contribution in [0.2, 0.25) is 0 Å². The summed E-state index contributed by atoms with van der Waals surface area (Å²) >= 11 is 0. The number of carbonyl (C=O) groups is 1. The summed E-state index contributed by atoms with van der Waals surface area (Å²) in [6, 6.07) is 3.48. The number of carbonyl (C=O) groups excluding carboxylic acids is 1. The highest BCUT2D eigenvalue weighted by atomic mass is 19.1. The second-order valence-electron chi connectivity index (χ2n) is 19.1. The van der Waals surface area contributed by atoms with E-state index in [-0.39, 0.29) is 48.8 Å². The average Bonchev–Trinajstić information content (AvgIpc) is 3.18. The first-order chi connectivity index (χ1) is 28.3. The fraction of sp³-hybridized carbons (Fsp3) is 0.844. The van der Waals surface area contributed by atoms with Gasteiger partial charge in [0.05, 0.1) is 54.7 Å². The molecule has 3 fully saturated rings. The van der Waals surface area contributed by atoms with Gasteiger partial charge in [-0.05, 0) is 107 Å². The zero-order chi connectivity index (χ0) is 45.9. The van der Waals surface area contributed by atoms with Crippen LogP contribution in [0.1, 0.15) is 94.9 Å². The molecule has 0 spiro atoms. The van der Waals surface area contributed by atoms with Crippen LogP contribution in [-0.2, 0) is 33.2 Å². The highest BCUT2D eigenvalue weighted by Gasteiger charge is 2.53. The Hall–Kier alpha value is -2.22. The third-order valence-electron chi connectivity index (χ3n) is 13.6. The number of halogens is 1. The van der Waals surface area contributed by atoms with Gasteiger partial charge in [0.2, 0.25) is 0 Å². The van der Waals surface area contributed by atoms with Crippen LogP contribution in [0.5, 0.6) is 11.5 Å². The minimum Gasteiger partial charge on any atom is -0.494 e. The standard InChI is InChI=1S/C45H77FN2O13/c1-16-34-45(10,53)38(49)28(6)48(13)23-24(2)21-43(8,52)40(26(4)36(27(5)41(51)59-34)60-35-22-44(9,55-15)39(50)29(7)57-35)61-42-37(32(47(11)12)19-25(3)56-42)58-30-17-18-33(54-14)31(46)20-30/h17-18,20,24-29,32,34-40,42,49-50,52-53H,16,19,21-23H2,1-15H3/t24-,25-,26+,27-,28-,29+,32+,34-,35+,36+,37-,38-,39+,40-,42+,43-,44-,45-/m1/s1. The van der Waals surface area contributed by atoms with E-state index < -0.39 is 102 Å². The van der Waals surface area contributed by atoms with Gasteiger partial charge in [-0.1, -0.05) is 20.8 Å². The molecule has 0 bridgehead atoms. The first kappa shape index (κ1) is 51.4. The van der Waals surface area contributed by atoms with Crippen LogP contribution >= 0.6 is 0 Å². The molecule has 18 atom stereocenters. The highest BCUT2D eigenvalue weighted by molar-refractivity contribution is 5.73. The first-order valence-electron chi connectivity index (χ1n) is 21.9. The van der Waals surface area contributed by atoms with Gasteiger partial charge in [-0.3, -0.25) is 4.79 Å². The first-order valence-corrected chi connectivity index (χ1v) is 21.9. The number of cyclic esters (lactones) is 1. The Morgan fingerprint density at radius 3 is 2.18 bits per heavy atom. The number of ether oxygens (including phenoxy) is 8. The van der Waals surface area contributed by atoms with Gasteiger partial charge in [-0.15, -0.1) is 0 Å². The second-order valence-corrected chi connectivity index (χ2v) is 19.1. The third-order valence-corrected chi connectivity index (χ3v) is 13.6. The van der Waals surface area contributed by atoms with Crippen molar-refractivity contribution in [3.05, 3.63) is 24.0 Å². The second kappa shape index (κ2) is 20.7. The number of nitrogens with zero attached hydrogens (tertiary/aromatic N) is 2. The summed E-state index contributed by atoms with van der Waals surface area (Å²) in [4.78, 5) is 18.4. The number of rotatable bonds is 10. The molecule has 4 N–H and O–H groups in total. The lowest BCUT2D eigenvalue weighted by Crippen LogP contribution is -2.61. The van der Waals surface area contributed by atoms with E-state index in [1.165, 1.54) is 33.3 Å². The Balaban J connectivity index is 1.88. The fourth-order valence-electron chi connectivity index (χ4n) is 9.73. The molecule has 3 aliphatic heterocycles. The van der Waals surface area contributed by atoms with Gasteiger partial charge in [0.25, 0.3) is 0 Å². The van der Waals surface area contributed by atoms with Crippen molar-refractivity contribution in [1.29, 1.82) is 0 Å². The van der Waals surface area contributed by atoms with Crippen molar-refractivity contribution in [1.82, 2.24) is 9.80 Å². The van der Waals surface area contributed by atoms with Crippen molar-refractivity contribution >= 4 is 5.97 Å². The molecule has 3 heterocycles. The fourth-order valence-corrected chi connectivity index (χ4v) is 9.73. The molecule has 3 aliphatic rings. The molecule has 1 aromatic rings. The maximum absolute atomic E-state index is 15.0. The van der Waals surface area contributed by atoms with Gasteiger partial charge < -0.3 is 68.1 Å². The predicted octanol–water partition coefficient (Wildman–Crippen LogP) is 4.14. The molecule has 3 saturated heterocycles. The van der Waals surface area contributed by atoms with Crippen LogP contribution < -0.4 is 9.47 Å². The average molecular weight is 873 g/mol. The van der Waals surface area contributed by atoms with Crippen molar-refractivity contribution in [2.45, 2.75) is 185 Å². The molecule has 0 aromatic heterocycles. The Bertz CT molecular complexity index is 1570. The molecule has 352 valence electrons. The molecule has 0 saturated carbocycles. The molecule has 0 amide bonds. The van der Waals surface area contributed by atoms with Crippen LogP contribution in [0.25, 0.3) is 0 Å². The molecule has 0 aliphatic carbocycles. The number of likely N-dealkylation sites (N-methyl/N-ethyl adjacent to an activating group) is 2. The smallest absolute Gasteiger partial charge is 0.311 e. The summed E-state index contributed by atoms with van der Waals surface area (Å²) in [5.41, 5.74) is -4.52. The maximum Gasteiger partial charge on any atom is 0.311 e. The largest absolute Gasteiger partial charge is 0.494 e. The molecular formula is C45H77FN2O13. The summed E-state index contributed by atoms with van der Waals surface area (Å²) in [6.45, 7) is 18.0. The van der Waals surface area contributed by atoms with Crippen LogP contribution in [0.4, 0.5) is 4.39 Å². The zero-order valence-corrected chi connectivity index (χ0v) is 39.2. The zero-order valence-electron chi connectivity index (χ0n) is 39.2. The monoisotopic (exact) mass is 873 g/mol. The van der Waals surface area contributed by atoms with Crippen LogP contribution in [0, 0.1) is 23.6 Å². The predicted molar refractivity (Wildman–Crippen MR) is 226 cm³/mol. The molecule has 16 heteroatoms. The third kappa shape index (κ3) is 11.7. The molecule has 0 unspecified atom stereocenters. The van der Waals surface area contributed by atoms with Crippen molar-refractivity contribution in [2.24, 2.45) is 17.8 Å². The lowest BCUT2D eigenvalue weighted by molar-refractivity contribution is -0.316. The number of methoxy groups -OCH3 is 2. The topological polar surface area (TPSA) is 178 Å². The summed E-state index contributed by atoms with van der Waals surface area (Å²) in [6.07, 6.45) is -8.48. The quantitative estimate of drug-likeness (QED) is 0.247. The Kier molecular flexibility index (Phi) is 17.5. The van der Waals surface area contributed by atoms with Gasteiger partial charge in [0.1, 0.15) is 29.7 Å². The van der Waals surface area contributed by atoms with Gasteiger partial charge in [-0.25, -0.2) is 4.39 Å². The number of hydrogen-bond acceptors (Lipinski definition) is 15. The van der Waals surface area contributed by atoms with Crippen molar-refractivity contribution in [2.75, 3.05) is 41.9 Å².